The summed E-state index contributed by atoms with van der Waals surface area (Å²) >= 11 is 6.05. The first-order valence-corrected chi connectivity index (χ1v) is 8.45. The highest BCUT2D eigenvalue weighted by atomic mass is 35.5. The lowest BCUT2D eigenvalue weighted by molar-refractivity contribution is 0.102. The van der Waals surface area contributed by atoms with E-state index in [-0.39, 0.29) is 11.7 Å². The summed E-state index contributed by atoms with van der Waals surface area (Å²) in [5.41, 5.74) is 2.48. The minimum absolute atomic E-state index is 0.0730. The van der Waals surface area contributed by atoms with Gasteiger partial charge in [-0.15, -0.1) is 0 Å². The van der Waals surface area contributed by atoms with Crippen LogP contribution in [0.3, 0.4) is 0 Å². The summed E-state index contributed by atoms with van der Waals surface area (Å²) in [6.45, 7) is 0. The molecule has 0 unspecified atom stereocenters. The molecule has 0 atom stereocenters. The van der Waals surface area contributed by atoms with Crippen molar-refractivity contribution < 1.29 is 9.59 Å². The number of allylic oxidation sites excluding steroid dienone is 1. The highest BCUT2D eigenvalue weighted by Crippen LogP contribution is 2.18. The maximum absolute atomic E-state index is 12.3. The molecule has 3 aromatic rings. The molecule has 0 spiro atoms. The average molecular weight is 362 g/mol. The molecule has 3 aromatic carbocycles. The summed E-state index contributed by atoms with van der Waals surface area (Å²) in [5.74, 6) is -0.354. The third-order valence-corrected chi connectivity index (χ3v) is 4.08. The first-order chi connectivity index (χ1) is 12.6. The lowest BCUT2D eigenvalue weighted by Crippen LogP contribution is -2.12. The largest absolute Gasteiger partial charge is 0.322 e. The quantitative estimate of drug-likeness (QED) is 0.482. The molecule has 0 aliphatic heterocycles. The van der Waals surface area contributed by atoms with Crippen molar-refractivity contribution in [3.63, 3.8) is 0 Å². The number of hydrogen-bond acceptors (Lipinski definition) is 2. The van der Waals surface area contributed by atoms with E-state index < -0.39 is 0 Å². The first kappa shape index (κ1) is 17.6. The molecular weight excluding hydrogens is 346 g/mol. The molecule has 0 heterocycles. The maximum atomic E-state index is 12.3. The van der Waals surface area contributed by atoms with Crippen molar-refractivity contribution in [2.75, 3.05) is 5.32 Å². The summed E-state index contributed by atoms with van der Waals surface area (Å²) in [5, 5.41) is 3.21. The molecule has 1 N–H and O–H groups in total. The van der Waals surface area contributed by atoms with Crippen LogP contribution in [0.4, 0.5) is 5.69 Å². The number of ketones is 1. The van der Waals surface area contributed by atoms with Gasteiger partial charge in [-0.25, -0.2) is 0 Å². The predicted molar refractivity (Wildman–Crippen MR) is 106 cm³/mol. The Labute approximate surface area is 156 Å². The standard InChI is InChI=1S/C22H16ClNO2/c23-20-12-5-4-11-19(20)22(26)24-18-10-6-7-16(15-18)13-14-21(25)17-8-2-1-3-9-17/h1-15H,(H,24,26)/b14-13+. The van der Waals surface area contributed by atoms with Crippen LogP contribution >= 0.6 is 11.6 Å². The van der Waals surface area contributed by atoms with E-state index in [0.717, 1.165) is 5.56 Å². The van der Waals surface area contributed by atoms with Crippen LogP contribution in [-0.4, -0.2) is 11.7 Å². The van der Waals surface area contributed by atoms with Gasteiger partial charge in [-0.2, -0.15) is 0 Å². The normalized spacial score (nSPS) is 10.7. The molecule has 0 fully saturated rings. The van der Waals surface area contributed by atoms with Gasteiger partial charge in [0.15, 0.2) is 5.78 Å². The summed E-state index contributed by atoms with van der Waals surface area (Å²) in [4.78, 5) is 24.5. The van der Waals surface area contributed by atoms with Gasteiger partial charge in [0.2, 0.25) is 0 Å². The second-order valence-electron chi connectivity index (χ2n) is 5.62. The zero-order valence-electron chi connectivity index (χ0n) is 13.9. The topological polar surface area (TPSA) is 46.2 Å². The Bertz CT molecular complexity index is 965. The molecular formula is C22H16ClNO2. The van der Waals surface area contributed by atoms with E-state index >= 15 is 0 Å². The zero-order valence-corrected chi connectivity index (χ0v) is 14.6. The van der Waals surface area contributed by atoms with Crippen LogP contribution in [-0.2, 0) is 0 Å². The molecule has 3 nitrogen and oxygen atoms in total. The van der Waals surface area contributed by atoms with Gasteiger partial charge in [0, 0.05) is 11.3 Å². The third-order valence-electron chi connectivity index (χ3n) is 3.75. The van der Waals surface area contributed by atoms with Crippen molar-refractivity contribution in [3.8, 4) is 0 Å². The van der Waals surface area contributed by atoms with Gasteiger partial charge in [-0.05, 0) is 35.9 Å². The minimum Gasteiger partial charge on any atom is -0.322 e. The summed E-state index contributed by atoms with van der Waals surface area (Å²) in [6, 6.07) is 23.2. The van der Waals surface area contributed by atoms with Crippen molar-refractivity contribution in [1.29, 1.82) is 0 Å². The number of carbonyl (C=O) groups is 2. The monoisotopic (exact) mass is 361 g/mol. The number of anilines is 1. The van der Waals surface area contributed by atoms with Crippen molar-refractivity contribution >= 4 is 35.1 Å². The van der Waals surface area contributed by atoms with E-state index in [9.17, 15) is 9.59 Å². The van der Waals surface area contributed by atoms with E-state index in [1.54, 1.807) is 54.6 Å². The molecule has 0 aliphatic carbocycles. The van der Waals surface area contributed by atoms with Crippen molar-refractivity contribution in [2.45, 2.75) is 0 Å². The summed E-state index contributed by atoms with van der Waals surface area (Å²) < 4.78 is 0. The smallest absolute Gasteiger partial charge is 0.257 e. The molecule has 4 heteroatoms. The number of amides is 1. The molecule has 0 radical (unpaired) electrons. The van der Waals surface area contributed by atoms with Gasteiger partial charge < -0.3 is 5.32 Å². The van der Waals surface area contributed by atoms with Crippen molar-refractivity contribution in [2.24, 2.45) is 0 Å². The van der Waals surface area contributed by atoms with Crippen LogP contribution in [0.1, 0.15) is 26.3 Å². The SMILES string of the molecule is O=C(/C=C/c1cccc(NC(=O)c2ccccc2Cl)c1)c1ccccc1. The fraction of sp³-hybridized carbons (Fsp3) is 0. The number of hydrogen-bond donors (Lipinski definition) is 1. The van der Waals surface area contributed by atoms with Gasteiger partial charge in [0.1, 0.15) is 0 Å². The Hall–Kier alpha value is -3.17. The Balaban J connectivity index is 1.72. The number of rotatable bonds is 5. The van der Waals surface area contributed by atoms with Crippen molar-refractivity contribution in [1.82, 2.24) is 0 Å². The molecule has 128 valence electrons. The number of carbonyl (C=O) groups excluding carboxylic acids is 2. The van der Waals surface area contributed by atoms with Crippen LogP contribution in [0.25, 0.3) is 6.08 Å². The molecule has 1 amide bonds. The second-order valence-corrected chi connectivity index (χ2v) is 6.03. The Morgan fingerprint density at radius 2 is 1.58 bits per heavy atom. The van der Waals surface area contributed by atoms with Gasteiger partial charge in [-0.1, -0.05) is 72.3 Å². The Kier molecular flexibility index (Phi) is 5.62. The number of nitrogens with one attached hydrogen (secondary N) is 1. The lowest BCUT2D eigenvalue weighted by Gasteiger charge is -2.07. The lowest BCUT2D eigenvalue weighted by atomic mass is 10.1. The zero-order chi connectivity index (χ0) is 18.4. The van der Waals surface area contributed by atoms with Crippen LogP contribution in [0.15, 0.2) is 84.9 Å². The highest BCUT2D eigenvalue weighted by molar-refractivity contribution is 6.34. The van der Waals surface area contributed by atoms with E-state index in [2.05, 4.69) is 5.32 Å². The van der Waals surface area contributed by atoms with Gasteiger partial charge in [-0.3, -0.25) is 9.59 Å². The average Bonchev–Trinajstić information content (AvgIpc) is 2.67. The maximum Gasteiger partial charge on any atom is 0.257 e. The number of benzene rings is 3. The van der Waals surface area contributed by atoms with Crippen LogP contribution in [0.5, 0.6) is 0 Å². The summed E-state index contributed by atoms with van der Waals surface area (Å²) in [6.07, 6.45) is 3.24. The first-order valence-electron chi connectivity index (χ1n) is 8.07. The van der Waals surface area contributed by atoms with E-state index in [4.69, 9.17) is 11.6 Å². The molecule has 0 aliphatic rings. The van der Waals surface area contributed by atoms with Crippen LogP contribution < -0.4 is 5.32 Å². The van der Waals surface area contributed by atoms with Crippen LogP contribution in [0.2, 0.25) is 5.02 Å². The highest BCUT2D eigenvalue weighted by Gasteiger charge is 2.09. The fourth-order valence-corrected chi connectivity index (χ4v) is 2.66. The second kappa shape index (κ2) is 8.28. The third kappa shape index (κ3) is 4.47. The van der Waals surface area contributed by atoms with Crippen LogP contribution in [0, 0.1) is 0 Å². The fourth-order valence-electron chi connectivity index (χ4n) is 2.43. The predicted octanol–water partition coefficient (Wildman–Crippen LogP) is 5.49. The molecule has 0 aromatic heterocycles. The minimum atomic E-state index is -0.280. The summed E-state index contributed by atoms with van der Waals surface area (Å²) in [7, 11) is 0. The molecule has 0 saturated carbocycles. The molecule has 26 heavy (non-hydrogen) atoms. The Morgan fingerprint density at radius 1 is 0.846 bits per heavy atom. The Morgan fingerprint density at radius 3 is 2.35 bits per heavy atom. The van der Waals surface area contributed by atoms with Gasteiger partial charge in [0.05, 0.1) is 10.6 Å². The number of halogens is 1. The molecule has 0 bridgehead atoms. The van der Waals surface area contributed by atoms with Gasteiger partial charge in [0.25, 0.3) is 5.91 Å². The van der Waals surface area contributed by atoms with E-state index in [1.807, 2.05) is 30.3 Å². The molecule has 0 saturated heterocycles. The van der Waals surface area contributed by atoms with Crippen molar-refractivity contribution in [3.05, 3.63) is 107 Å². The van der Waals surface area contributed by atoms with E-state index in [1.165, 1.54) is 6.08 Å². The van der Waals surface area contributed by atoms with Gasteiger partial charge >= 0.3 is 0 Å². The molecule has 3 rings (SSSR count). The van der Waals surface area contributed by atoms with E-state index in [0.29, 0.717) is 21.8 Å².